The number of carbonyl (C=O) groups is 1. The van der Waals surface area contributed by atoms with E-state index in [4.69, 9.17) is 11.6 Å². The molecule has 0 unspecified atom stereocenters. The second-order valence-electron chi connectivity index (χ2n) is 5.45. The average Bonchev–Trinajstić information content (AvgIpc) is 2.54. The molecular weight excluding hydrogens is 324 g/mol. The number of carbonyl (C=O) groups excluding carboxylic acids is 1. The highest BCUT2D eigenvalue weighted by Crippen LogP contribution is 2.22. The van der Waals surface area contributed by atoms with Crippen LogP contribution in [-0.2, 0) is 0 Å². The molecule has 0 spiro atoms. The van der Waals surface area contributed by atoms with Gasteiger partial charge in [0.2, 0.25) is 0 Å². The van der Waals surface area contributed by atoms with Gasteiger partial charge in [-0.25, -0.2) is 9.97 Å². The van der Waals surface area contributed by atoms with Gasteiger partial charge in [-0.2, -0.15) is 0 Å². The number of aryl methyl sites for hydroxylation is 2. The van der Waals surface area contributed by atoms with Crippen molar-refractivity contribution in [2.24, 2.45) is 0 Å². The maximum absolute atomic E-state index is 12.5. The first-order valence-electron chi connectivity index (χ1n) is 7.35. The number of pyridine rings is 3. The lowest BCUT2D eigenvalue weighted by Gasteiger charge is -2.09. The van der Waals surface area contributed by atoms with Gasteiger partial charge in [0.15, 0.2) is 0 Å². The Balaban J connectivity index is 1.92. The normalized spacial score (nSPS) is 10.5. The van der Waals surface area contributed by atoms with Crippen LogP contribution in [0.5, 0.6) is 0 Å². The number of hydrogen-bond donors (Lipinski definition) is 1. The zero-order valence-electron chi connectivity index (χ0n) is 13.2. The summed E-state index contributed by atoms with van der Waals surface area (Å²) in [6.45, 7) is 3.83. The van der Waals surface area contributed by atoms with Crippen molar-refractivity contribution >= 4 is 23.2 Å². The molecule has 5 nitrogen and oxygen atoms in total. The van der Waals surface area contributed by atoms with Gasteiger partial charge in [0.1, 0.15) is 10.8 Å². The van der Waals surface area contributed by atoms with Crippen LogP contribution in [0.1, 0.15) is 21.7 Å². The number of rotatable bonds is 3. The number of aromatic nitrogens is 3. The van der Waals surface area contributed by atoms with Crippen LogP contribution in [0, 0.1) is 13.8 Å². The molecule has 0 saturated heterocycles. The van der Waals surface area contributed by atoms with E-state index in [2.05, 4.69) is 20.3 Å². The van der Waals surface area contributed by atoms with Crippen LogP contribution < -0.4 is 5.32 Å². The molecule has 3 aromatic rings. The standard InChI is InChI=1S/C18H15ClN4O/c1-11-5-14(10-20-9-11)13-6-12(2)22-16(7-13)18(24)23-15-3-4-21-17(19)8-15/h3-10H,1-2H3,(H,21,23,24). The molecule has 3 aromatic heterocycles. The highest BCUT2D eigenvalue weighted by atomic mass is 35.5. The van der Waals surface area contributed by atoms with Gasteiger partial charge in [-0.15, -0.1) is 0 Å². The van der Waals surface area contributed by atoms with Crippen molar-refractivity contribution in [3.8, 4) is 11.1 Å². The molecular formula is C18H15ClN4O. The third-order valence-electron chi connectivity index (χ3n) is 3.38. The van der Waals surface area contributed by atoms with Crippen molar-refractivity contribution in [2.75, 3.05) is 5.32 Å². The minimum absolute atomic E-state index is 0.303. The SMILES string of the molecule is Cc1cncc(-c2cc(C)nc(C(=O)Nc3ccnc(Cl)c3)c2)c1. The minimum Gasteiger partial charge on any atom is -0.320 e. The smallest absolute Gasteiger partial charge is 0.274 e. The molecule has 0 atom stereocenters. The molecule has 1 amide bonds. The Labute approximate surface area is 144 Å². The molecule has 0 aliphatic rings. The summed E-state index contributed by atoms with van der Waals surface area (Å²) in [6.07, 6.45) is 5.09. The molecule has 3 rings (SSSR count). The van der Waals surface area contributed by atoms with E-state index in [-0.39, 0.29) is 5.91 Å². The first kappa shape index (κ1) is 16.1. The number of amides is 1. The minimum atomic E-state index is -0.303. The summed E-state index contributed by atoms with van der Waals surface area (Å²) >= 11 is 5.83. The van der Waals surface area contributed by atoms with Crippen LogP contribution in [0.3, 0.4) is 0 Å². The Hall–Kier alpha value is -2.79. The Morgan fingerprint density at radius 1 is 1.08 bits per heavy atom. The Kier molecular flexibility index (Phi) is 4.53. The lowest BCUT2D eigenvalue weighted by atomic mass is 10.1. The predicted molar refractivity (Wildman–Crippen MR) is 94.1 cm³/mol. The van der Waals surface area contributed by atoms with E-state index in [0.29, 0.717) is 16.5 Å². The van der Waals surface area contributed by atoms with Crippen LogP contribution in [0.2, 0.25) is 5.15 Å². The first-order chi connectivity index (χ1) is 11.5. The lowest BCUT2D eigenvalue weighted by Crippen LogP contribution is -2.14. The van der Waals surface area contributed by atoms with E-state index >= 15 is 0 Å². The molecule has 0 saturated carbocycles. The van der Waals surface area contributed by atoms with Crippen LogP contribution in [0.4, 0.5) is 5.69 Å². The third kappa shape index (κ3) is 3.75. The molecule has 0 aliphatic carbocycles. The van der Waals surface area contributed by atoms with Gasteiger partial charge >= 0.3 is 0 Å². The molecule has 0 fully saturated rings. The molecule has 0 bridgehead atoms. The molecule has 1 N–H and O–H groups in total. The zero-order valence-corrected chi connectivity index (χ0v) is 14.0. The monoisotopic (exact) mass is 338 g/mol. The second-order valence-corrected chi connectivity index (χ2v) is 5.84. The fourth-order valence-corrected chi connectivity index (χ4v) is 2.51. The van der Waals surface area contributed by atoms with Gasteiger partial charge in [-0.3, -0.25) is 9.78 Å². The topological polar surface area (TPSA) is 67.8 Å². The van der Waals surface area contributed by atoms with Crippen LogP contribution in [-0.4, -0.2) is 20.9 Å². The third-order valence-corrected chi connectivity index (χ3v) is 3.59. The zero-order chi connectivity index (χ0) is 17.1. The molecule has 24 heavy (non-hydrogen) atoms. The van der Waals surface area contributed by atoms with Gasteiger partial charge in [0.25, 0.3) is 5.91 Å². The van der Waals surface area contributed by atoms with E-state index in [1.807, 2.05) is 26.0 Å². The molecule has 6 heteroatoms. The summed E-state index contributed by atoms with van der Waals surface area (Å²) in [5.41, 5.74) is 4.56. The number of hydrogen-bond acceptors (Lipinski definition) is 4. The van der Waals surface area contributed by atoms with Crippen molar-refractivity contribution in [3.63, 3.8) is 0 Å². The number of halogens is 1. The fraction of sp³-hybridized carbons (Fsp3) is 0.111. The molecule has 3 heterocycles. The average molecular weight is 339 g/mol. The highest BCUT2D eigenvalue weighted by Gasteiger charge is 2.11. The van der Waals surface area contributed by atoms with E-state index < -0.39 is 0 Å². The molecule has 0 aliphatic heterocycles. The summed E-state index contributed by atoms with van der Waals surface area (Å²) < 4.78 is 0. The van der Waals surface area contributed by atoms with E-state index in [1.54, 1.807) is 30.6 Å². The maximum Gasteiger partial charge on any atom is 0.274 e. The van der Waals surface area contributed by atoms with Crippen LogP contribution in [0.15, 0.2) is 48.9 Å². The Morgan fingerprint density at radius 3 is 2.67 bits per heavy atom. The predicted octanol–water partition coefficient (Wildman–Crippen LogP) is 4.06. The van der Waals surface area contributed by atoms with E-state index in [0.717, 1.165) is 22.4 Å². The summed E-state index contributed by atoms with van der Waals surface area (Å²) in [7, 11) is 0. The van der Waals surface area contributed by atoms with E-state index in [1.165, 1.54) is 6.20 Å². The van der Waals surface area contributed by atoms with Crippen molar-refractivity contribution in [1.82, 2.24) is 15.0 Å². The summed E-state index contributed by atoms with van der Waals surface area (Å²) in [5.74, 6) is -0.303. The van der Waals surface area contributed by atoms with Crippen LogP contribution >= 0.6 is 11.6 Å². The van der Waals surface area contributed by atoms with Crippen molar-refractivity contribution in [2.45, 2.75) is 13.8 Å². The van der Waals surface area contributed by atoms with E-state index in [9.17, 15) is 4.79 Å². The lowest BCUT2D eigenvalue weighted by molar-refractivity contribution is 0.102. The summed E-state index contributed by atoms with van der Waals surface area (Å²) in [6, 6.07) is 8.95. The molecule has 120 valence electrons. The van der Waals surface area contributed by atoms with Gasteiger partial charge in [0.05, 0.1) is 0 Å². The van der Waals surface area contributed by atoms with Gasteiger partial charge < -0.3 is 5.32 Å². The number of nitrogens with one attached hydrogen (secondary N) is 1. The van der Waals surface area contributed by atoms with Crippen molar-refractivity contribution in [1.29, 1.82) is 0 Å². The molecule has 0 radical (unpaired) electrons. The quantitative estimate of drug-likeness (QED) is 0.731. The maximum atomic E-state index is 12.5. The van der Waals surface area contributed by atoms with Crippen molar-refractivity contribution in [3.05, 3.63) is 71.0 Å². The fourth-order valence-electron chi connectivity index (χ4n) is 2.34. The Bertz CT molecular complexity index is 911. The molecule has 0 aromatic carbocycles. The summed E-state index contributed by atoms with van der Waals surface area (Å²) in [4.78, 5) is 24.9. The first-order valence-corrected chi connectivity index (χ1v) is 7.73. The van der Waals surface area contributed by atoms with Gasteiger partial charge in [-0.1, -0.05) is 11.6 Å². The van der Waals surface area contributed by atoms with Crippen LogP contribution in [0.25, 0.3) is 11.1 Å². The largest absolute Gasteiger partial charge is 0.320 e. The summed E-state index contributed by atoms with van der Waals surface area (Å²) in [5, 5.41) is 3.09. The van der Waals surface area contributed by atoms with Crippen molar-refractivity contribution < 1.29 is 4.79 Å². The Morgan fingerprint density at radius 2 is 1.92 bits per heavy atom. The number of anilines is 1. The highest BCUT2D eigenvalue weighted by molar-refractivity contribution is 6.29. The van der Waals surface area contributed by atoms with Gasteiger partial charge in [-0.05, 0) is 55.3 Å². The second kappa shape index (κ2) is 6.76. The number of nitrogens with zero attached hydrogens (tertiary/aromatic N) is 3. The van der Waals surface area contributed by atoms with Gasteiger partial charge in [0, 0.05) is 35.5 Å².